The first-order valence-corrected chi connectivity index (χ1v) is 10.2. The minimum absolute atomic E-state index is 0.0732. The molecule has 0 saturated carbocycles. The Kier molecular flexibility index (Phi) is 6.15. The normalized spacial score (nSPS) is 17.3. The van der Waals surface area contributed by atoms with E-state index in [1.807, 2.05) is 4.90 Å². The summed E-state index contributed by atoms with van der Waals surface area (Å²) < 4.78 is 20.3. The number of nitriles is 1. The number of amides is 1. The van der Waals surface area contributed by atoms with Crippen LogP contribution in [-0.4, -0.2) is 52.2 Å². The van der Waals surface area contributed by atoms with Crippen molar-refractivity contribution in [3.8, 4) is 6.07 Å². The molecule has 1 fully saturated rings. The molecule has 0 spiro atoms. The summed E-state index contributed by atoms with van der Waals surface area (Å²) in [6.45, 7) is 6.49. The second-order valence-electron chi connectivity index (χ2n) is 7.71. The van der Waals surface area contributed by atoms with E-state index in [0.29, 0.717) is 30.8 Å². The molecule has 0 aliphatic carbocycles. The quantitative estimate of drug-likeness (QED) is 0.583. The molecule has 1 amide bonds. The minimum Gasteiger partial charge on any atom is -0.444 e. The maximum Gasteiger partial charge on any atom is 0.410 e. The van der Waals surface area contributed by atoms with E-state index >= 15 is 0 Å². The average molecular weight is 485 g/mol. The molecule has 154 valence electrons. The molecule has 0 radical (unpaired) electrons. The number of hydrogen-bond acceptors (Lipinski definition) is 6. The zero-order chi connectivity index (χ0) is 21.3. The number of aromatic nitrogens is 2. The summed E-state index contributed by atoms with van der Waals surface area (Å²) in [6, 6.07) is 5.03. The number of fused-ring (bicyclic) bond motifs is 1. The fourth-order valence-electron chi connectivity index (χ4n) is 3.22. The molecular weight excluding hydrogens is 465 g/mol. The Morgan fingerprint density at radius 2 is 2.14 bits per heavy atom. The molecule has 2 aromatic rings. The van der Waals surface area contributed by atoms with Crippen molar-refractivity contribution < 1.29 is 13.9 Å². The summed E-state index contributed by atoms with van der Waals surface area (Å²) in [5.41, 5.74) is -0.520. The second kappa shape index (κ2) is 8.28. The molecule has 0 bridgehead atoms. The molecule has 1 unspecified atom stereocenters. The van der Waals surface area contributed by atoms with Crippen molar-refractivity contribution in [3.05, 3.63) is 27.7 Å². The molecule has 0 N–H and O–H groups in total. The maximum absolute atomic E-state index is 14.5. The van der Waals surface area contributed by atoms with E-state index in [1.165, 1.54) is 0 Å². The van der Waals surface area contributed by atoms with Gasteiger partial charge in [0.05, 0.1) is 23.0 Å². The van der Waals surface area contributed by atoms with Crippen LogP contribution in [0.3, 0.4) is 0 Å². The first-order chi connectivity index (χ1) is 13.6. The summed E-state index contributed by atoms with van der Waals surface area (Å²) in [6.07, 6.45) is -0.329. The molecule has 1 saturated heterocycles. The standard InChI is InChI=1S/C19H20BrClFN5O2/c1-19(2,3)29-18(28)27-9-8-26(10-11(27)6-7-23)16-12-4-5-13(20)14(22)15(12)24-17(21)25-16/h4-5,11H,6,8-10H2,1-3H3. The van der Waals surface area contributed by atoms with Crippen molar-refractivity contribution >= 4 is 50.3 Å². The largest absolute Gasteiger partial charge is 0.444 e. The Bertz CT molecular complexity index is 991. The highest BCUT2D eigenvalue weighted by atomic mass is 79.9. The second-order valence-corrected chi connectivity index (χ2v) is 8.90. The molecule has 2 heterocycles. The van der Waals surface area contributed by atoms with Gasteiger partial charge < -0.3 is 14.5 Å². The highest BCUT2D eigenvalue weighted by Crippen LogP contribution is 2.32. The highest BCUT2D eigenvalue weighted by Gasteiger charge is 2.34. The molecule has 10 heteroatoms. The van der Waals surface area contributed by atoms with E-state index in [-0.39, 0.29) is 21.7 Å². The number of ether oxygens (including phenoxy) is 1. The third-order valence-electron chi connectivity index (χ3n) is 4.45. The number of anilines is 1. The first-order valence-electron chi connectivity index (χ1n) is 9.03. The summed E-state index contributed by atoms with van der Waals surface area (Å²) in [7, 11) is 0. The van der Waals surface area contributed by atoms with Gasteiger partial charge in [0.15, 0.2) is 5.82 Å². The number of carbonyl (C=O) groups excluding carboxylic acids is 1. The zero-order valence-electron chi connectivity index (χ0n) is 16.2. The van der Waals surface area contributed by atoms with Crippen LogP contribution >= 0.6 is 27.5 Å². The summed E-state index contributed by atoms with van der Waals surface area (Å²) in [5.74, 6) is -0.0489. The van der Waals surface area contributed by atoms with Crippen LogP contribution in [0.5, 0.6) is 0 Å². The SMILES string of the molecule is CC(C)(C)OC(=O)N1CCN(c2nc(Cl)nc3c(F)c(Br)ccc23)CC1CC#N. The number of hydrogen-bond donors (Lipinski definition) is 0. The van der Waals surface area contributed by atoms with Crippen molar-refractivity contribution in [2.45, 2.75) is 38.8 Å². The highest BCUT2D eigenvalue weighted by molar-refractivity contribution is 9.10. The predicted octanol–water partition coefficient (Wildman–Crippen LogP) is 4.52. The molecule has 1 aromatic carbocycles. The van der Waals surface area contributed by atoms with Gasteiger partial charge in [0.25, 0.3) is 0 Å². The predicted molar refractivity (Wildman–Crippen MR) is 111 cm³/mol. The van der Waals surface area contributed by atoms with Crippen LogP contribution in [0.1, 0.15) is 27.2 Å². The summed E-state index contributed by atoms with van der Waals surface area (Å²) in [4.78, 5) is 24.3. The van der Waals surface area contributed by atoms with Crippen molar-refractivity contribution in [3.63, 3.8) is 0 Å². The summed E-state index contributed by atoms with van der Waals surface area (Å²) in [5, 5.41) is 9.68. The van der Waals surface area contributed by atoms with Crippen LogP contribution < -0.4 is 4.90 Å². The monoisotopic (exact) mass is 483 g/mol. The molecule has 1 aliphatic rings. The number of benzene rings is 1. The lowest BCUT2D eigenvalue weighted by atomic mass is 10.1. The van der Waals surface area contributed by atoms with Gasteiger partial charge in [-0.2, -0.15) is 10.2 Å². The molecular formula is C19H20BrClFN5O2. The van der Waals surface area contributed by atoms with Gasteiger partial charge in [0.1, 0.15) is 16.9 Å². The number of piperazine rings is 1. The zero-order valence-corrected chi connectivity index (χ0v) is 18.6. The maximum atomic E-state index is 14.5. The fraction of sp³-hybridized carbons (Fsp3) is 0.474. The van der Waals surface area contributed by atoms with Crippen LogP contribution in [0.2, 0.25) is 5.28 Å². The van der Waals surface area contributed by atoms with Crippen LogP contribution in [0, 0.1) is 17.1 Å². The lowest BCUT2D eigenvalue weighted by Gasteiger charge is -2.41. The van der Waals surface area contributed by atoms with Gasteiger partial charge in [0.2, 0.25) is 5.28 Å². The van der Waals surface area contributed by atoms with Crippen molar-refractivity contribution in [2.75, 3.05) is 24.5 Å². The molecule has 1 aliphatic heterocycles. The van der Waals surface area contributed by atoms with E-state index in [9.17, 15) is 14.4 Å². The van der Waals surface area contributed by atoms with Gasteiger partial charge >= 0.3 is 6.09 Å². The van der Waals surface area contributed by atoms with Crippen molar-refractivity contribution in [2.24, 2.45) is 0 Å². The first kappa shape index (κ1) is 21.5. The van der Waals surface area contributed by atoms with Crippen LogP contribution in [0.25, 0.3) is 10.9 Å². The van der Waals surface area contributed by atoms with E-state index in [1.54, 1.807) is 37.8 Å². The van der Waals surface area contributed by atoms with Crippen molar-refractivity contribution in [1.29, 1.82) is 5.26 Å². The Morgan fingerprint density at radius 1 is 1.41 bits per heavy atom. The molecule has 7 nitrogen and oxygen atoms in total. The van der Waals surface area contributed by atoms with Gasteiger partial charge in [-0.3, -0.25) is 0 Å². The van der Waals surface area contributed by atoms with Gasteiger partial charge in [-0.15, -0.1) is 0 Å². The third-order valence-corrected chi connectivity index (χ3v) is 5.23. The number of carbonyl (C=O) groups is 1. The Hall–Kier alpha value is -2.18. The smallest absolute Gasteiger partial charge is 0.410 e. The summed E-state index contributed by atoms with van der Waals surface area (Å²) >= 11 is 9.20. The Labute approximate surface area is 181 Å². The van der Waals surface area contributed by atoms with Gasteiger partial charge in [-0.25, -0.2) is 14.2 Å². The molecule has 3 rings (SSSR count). The third kappa shape index (κ3) is 4.70. The number of rotatable bonds is 2. The van der Waals surface area contributed by atoms with E-state index in [0.717, 1.165) is 0 Å². The van der Waals surface area contributed by atoms with Crippen LogP contribution in [0.4, 0.5) is 15.0 Å². The fourth-order valence-corrected chi connectivity index (χ4v) is 3.71. The topological polar surface area (TPSA) is 82.3 Å². The number of halogens is 3. The van der Waals surface area contributed by atoms with Crippen LogP contribution in [0.15, 0.2) is 16.6 Å². The van der Waals surface area contributed by atoms with Gasteiger partial charge in [-0.05, 0) is 60.4 Å². The van der Waals surface area contributed by atoms with E-state index in [2.05, 4.69) is 32.0 Å². The average Bonchev–Trinajstić information content (AvgIpc) is 2.63. The minimum atomic E-state index is -0.632. The molecule has 29 heavy (non-hydrogen) atoms. The lowest BCUT2D eigenvalue weighted by Crippen LogP contribution is -2.56. The van der Waals surface area contributed by atoms with Gasteiger partial charge in [-0.1, -0.05) is 0 Å². The van der Waals surface area contributed by atoms with Crippen LogP contribution in [-0.2, 0) is 4.74 Å². The van der Waals surface area contributed by atoms with Crippen molar-refractivity contribution in [1.82, 2.24) is 14.9 Å². The van der Waals surface area contributed by atoms with E-state index in [4.69, 9.17) is 16.3 Å². The lowest BCUT2D eigenvalue weighted by molar-refractivity contribution is 0.0145. The molecule has 1 atom stereocenters. The Morgan fingerprint density at radius 3 is 2.79 bits per heavy atom. The van der Waals surface area contributed by atoms with Gasteiger partial charge in [0, 0.05) is 25.0 Å². The van der Waals surface area contributed by atoms with E-state index < -0.39 is 23.6 Å². The Balaban J connectivity index is 1.93. The number of nitrogens with zero attached hydrogens (tertiary/aromatic N) is 5. The molecule has 1 aromatic heterocycles.